The maximum atomic E-state index is 12.7. The van der Waals surface area contributed by atoms with E-state index in [9.17, 15) is 18.4 Å². The summed E-state index contributed by atoms with van der Waals surface area (Å²) in [7, 11) is 0. The van der Waals surface area contributed by atoms with E-state index in [2.05, 4.69) is 20.5 Å². The van der Waals surface area contributed by atoms with Crippen LogP contribution in [0.15, 0.2) is 55.0 Å². The summed E-state index contributed by atoms with van der Waals surface area (Å²) in [4.78, 5) is 28.7. The summed E-state index contributed by atoms with van der Waals surface area (Å²) in [5, 5.41) is 10.4. The van der Waals surface area contributed by atoms with Gasteiger partial charge in [-0.3, -0.25) is 4.79 Å². The van der Waals surface area contributed by atoms with E-state index < -0.39 is 18.4 Å². The summed E-state index contributed by atoms with van der Waals surface area (Å²) in [6.45, 7) is -0.888. The van der Waals surface area contributed by atoms with Crippen molar-refractivity contribution in [3.8, 4) is 11.3 Å². The molecule has 0 saturated heterocycles. The molecule has 3 heterocycles. The number of hydrogen-bond acceptors (Lipinski definition) is 6. The molecule has 9 nitrogen and oxygen atoms in total. The molecular weight excluding hydrogens is 410 g/mol. The van der Waals surface area contributed by atoms with Crippen molar-refractivity contribution in [2.45, 2.75) is 13.5 Å². The predicted molar refractivity (Wildman–Crippen MR) is 106 cm³/mol. The zero-order valence-electron chi connectivity index (χ0n) is 16.2. The molecule has 1 aromatic carbocycles. The minimum absolute atomic E-state index is 0.136. The standard InChI is InChI=1S/C20H16F2N6O3/c1-2-31-19(30)14-11-24-28-16(6-8-23-17(14)28)12-4-3-5-13(10-12)25-18(29)15-7-9-27(26-15)20(21)22/h3-11,20H,2H2,1H3,(H,25,29). The number of ether oxygens (including phenoxy) is 1. The highest BCUT2D eigenvalue weighted by Crippen LogP contribution is 2.24. The molecule has 4 rings (SSSR count). The number of halogens is 2. The van der Waals surface area contributed by atoms with Gasteiger partial charge in [0.15, 0.2) is 11.3 Å². The van der Waals surface area contributed by atoms with Crippen LogP contribution >= 0.6 is 0 Å². The average Bonchev–Trinajstić information content (AvgIpc) is 3.42. The number of carbonyl (C=O) groups is 2. The monoisotopic (exact) mass is 426 g/mol. The lowest BCUT2D eigenvalue weighted by atomic mass is 10.1. The van der Waals surface area contributed by atoms with Crippen molar-refractivity contribution in [1.82, 2.24) is 24.4 Å². The zero-order chi connectivity index (χ0) is 22.0. The predicted octanol–water partition coefficient (Wildman–Crippen LogP) is 3.42. The van der Waals surface area contributed by atoms with Gasteiger partial charge in [0.2, 0.25) is 0 Å². The van der Waals surface area contributed by atoms with Crippen molar-refractivity contribution in [2.24, 2.45) is 0 Å². The molecule has 0 atom stereocenters. The van der Waals surface area contributed by atoms with Crippen molar-refractivity contribution in [3.05, 3.63) is 66.2 Å². The van der Waals surface area contributed by atoms with Crippen molar-refractivity contribution in [3.63, 3.8) is 0 Å². The minimum Gasteiger partial charge on any atom is -0.462 e. The molecule has 0 aliphatic rings. The summed E-state index contributed by atoms with van der Waals surface area (Å²) in [6, 6.07) is 9.75. The number of alkyl halides is 2. The van der Waals surface area contributed by atoms with Crippen LogP contribution in [0.5, 0.6) is 0 Å². The lowest BCUT2D eigenvalue weighted by molar-refractivity contribution is 0.0526. The second-order valence-corrected chi connectivity index (χ2v) is 6.34. The van der Waals surface area contributed by atoms with Crippen LogP contribution in [0.2, 0.25) is 0 Å². The molecular formula is C20H16F2N6O3. The second-order valence-electron chi connectivity index (χ2n) is 6.34. The van der Waals surface area contributed by atoms with Crippen LogP contribution in [0.1, 0.15) is 34.3 Å². The molecule has 1 N–H and O–H groups in total. The lowest BCUT2D eigenvalue weighted by Gasteiger charge is -2.08. The highest BCUT2D eigenvalue weighted by Gasteiger charge is 2.18. The molecule has 0 unspecified atom stereocenters. The molecule has 158 valence electrons. The summed E-state index contributed by atoms with van der Waals surface area (Å²) >= 11 is 0. The molecule has 11 heteroatoms. The normalized spacial score (nSPS) is 11.1. The first-order chi connectivity index (χ1) is 15.0. The molecule has 0 aliphatic carbocycles. The Morgan fingerprint density at radius 3 is 2.81 bits per heavy atom. The number of hydrogen-bond donors (Lipinski definition) is 1. The molecule has 4 aromatic rings. The molecule has 1 amide bonds. The van der Waals surface area contributed by atoms with E-state index in [0.717, 1.165) is 6.20 Å². The number of carbonyl (C=O) groups excluding carboxylic acids is 2. The number of fused-ring (bicyclic) bond motifs is 1. The van der Waals surface area contributed by atoms with E-state index in [1.54, 1.807) is 37.3 Å². The van der Waals surface area contributed by atoms with Crippen LogP contribution in [-0.2, 0) is 4.74 Å². The third-order valence-electron chi connectivity index (χ3n) is 4.35. The van der Waals surface area contributed by atoms with Gasteiger partial charge in [-0.05, 0) is 31.2 Å². The lowest BCUT2D eigenvalue weighted by Crippen LogP contribution is -2.13. The molecule has 3 aromatic heterocycles. The molecule has 0 aliphatic heterocycles. The number of aromatic nitrogens is 5. The van der Waals surface area contributed by atoms with E-state index >= 15 is 0 Å². The fraction of sp³-hybridized carbons (Fsp3) is 0.150. The van der Waals surface area contributed by atoms with Gasteiger partial charge in [-0.25, -0.2) is 19.0 Å². The Hall–Kier alpha value is -4.15. The van der Waals surface area contributed by atoms with Crippen LogP contribution in [0.25, 0.3) is 16.9 Å². The fourth-order valence-electron chi connectivity index (χ4n) is 2.98. The second kappa shape index (κ2) is 8.30. The maximum absolute atomic E-state index is 12.7. The molecule has 0 spiro atoms. The summed E-state index contributed by atoms with van der Waals surface area (Å²) in [5.41, 5.74) is 2.17. The number of amides is 1. The third kappa shape index (κ3) is 3.97. The van der Waals surface area contributed by atoms with E-state index in [1.807, 2.05) is 0 Å². The third-order valence-corrected chi connectivity index (χ3v) is 4.35. The van der Waals surface area contributed by atoms with Crippen LogP contribution in [0.4, 0.5) is 14.5 Å². The summed E-state index contributed by atoms with van der Waals surface area (Å²) in [6.07, 6.45) is 3.95. The van der Waals surface area contributed by atoms with Crippen molar-refractivity contribution >= 4 is 23.2 Å². The Bertz CT molecular complexity index is 1270. The average molecular weight is 426 g/mol. The van der Waals surface area contributed by atoms with Crippen molar-refractivity contribution in [2.75, 3.05) is 11.9 Å². The SMILES string of the molecule is CCOC(=O)c1cnn2c(-c3cccc(NC(=O)c4ccn(C(F)F)n4)c3)ccnc12. The Kier molecular flexibility index (Phi) is 5.39. The highest BCUT2D eigenvalue weighted by atomic mass is 19.3. The molecule has 0 saturated carbocycles. The van der Waals surface area contributed by atoms with Crippen molar-refractivity contribution < 1.29 is 23.1 Å². The zero-order valence-corrected chi connectivity index (χ0v) is 16.2. The Labute approximate surface area is 174 Å². The molecule has 0 fully saturated rings. The fourth-order valence-corrected chi connectivity index (χ4v) is 2.98. The number of esters is 1. The topological polar surface area (TPSA) is 103 Å². The summed E-state index contributed by atoms with van der Waals surface area (Å²) in [5.74, 6) is -1.15. The van der Waals surface area contributed by atoms with Gasteiger partial charge in [0.1, 0.15) is 5.56 Å². The maximum Gasteiger partial charge on any atom is 0.343 e. The first kappa shape index (κ1) is 20.1. The quantitative estimate of drug-likeness (QED) is 0.474. The van der Waals surface area contributed by atoms with Gasteiger partial charge in [-0.2, -0.15) is 19.0 Å². The van der Waals surface area contributed by atoms with Gasteiger partial charge in [0.05, 0.1) is 18.5 Å². The Morgan fingerprint density at radius 1 is 1.23 bits per heavy atom. The van der Waals surface area contributed by atoms with Gasteiger partial charge in [-0.15, -0.1) is 0 Å². The van der Waals surface area contributed by atoms with Crippen LogP contribution in [0, 0.1) is 0 Å². The smallest absolute Gasteiger partial charge is 0.343 e. The van der Waals surface area contributed by atoms with E-state index in [-0.39, 0.29) is 17.9 Å². The first-order valence-electron chi connectivity index (χ1n) is 9.23. The van der Waals surface area contributed by atoms with Crippen LogP contribution < -0.4 is 5.32 Å². The van der Waals surface area contributed by atoms with Crippen LogP contribution in [0.3, 0.4) is 0 Å². The van der Waals surface area contributed by atoms with Crippen molar-refractivity contribution in [1.29, 1.82) is 0 Å². The van der Waals surface area contributed by atoms with Gasteiger partial charge in [-0.1, -0.05) is 12.1 Å². The molecule has 0 bridgehead atoms. The number of nitrogens with zero attached hydrogens (tertiary/aromatic N) is 5. The molecule has 31 heavy (non-hydrogen) atoms. The Balaban J connectivity index is 1.63. The number of nitrogens with one attached hydrogen (secondary N) is 1. The Morgan fingerprint density at radius 2 is 2.06 bits per heavy atom. The number of anilines is 1. The molecule has 0 radical (unpaired) electrons. The highest BCUT2D eigenvalue weighted by molar-refractivity contribution is 6.03. The summed E-state index contributed by atoms with van der Waals surface area (Å²) < 4.78 is 32.2. The number of rotatable bonds is 6. The van der Waals surface area contributed by atoms with E-state index in [4.69, 9.17) is 4.74 Å². The minimum atomic E-state index is -2.83. The number of benzene rings is 1. The van der Waals surface area contributed by atoms with E-state index in [1.165, 1.54) is 23.0 Å². The van der Waals surface area contributed by atoms with Gasteiger partial charge < -0.3 is 10.1 Å². The van der Waals surface area contributed by atoms with Gasteiger partial charge >= 0.3 is 12.5 Å². The first-order valence-corrected chi connectivity index (χ1v) is 9.23. The van der Waals surface area contributed by atoms with Crippen LogP contribution in [-0.4, -0.2) is 42.9 Å². The van der Waals surface area contributed by atoms with E-state index in [0.29, 0.717) is 27.3 Å². The van der Waals surface area contributed by atoms with Gasteiger partial charge in [0, 0.05) is 23.6 Å². The largest absolute Gasteiger partial charge is 0.462 e. The van der Waals surface area contributed by atoms with Gasteiger partial charge in [0.25, 0.3) is 5.91 Å².